The third-order valence-corrected chi connectivity index (χ3v) is 4.66. The molecule has 0 saturated carbocycles. The number of esters is 1. The summed E-state index contributed by atoms with van der Waals surface area (Å²) < 4.78 is 48.4. The molecule has 0 saturated heterocycles. The zero-order chi connectivity index (χ0) is 21.7. The molecule has 3 rings (SSSR count). The topological polar surface area (TPSA) is 81.5 Å². The molecule has 30 heavy (non-hydrogen) atoms. The highest BCUT2D eigenvalue weighted by molar-refractivity contribution is 7.09. The average molecular weight is 436 g/mol. The van der Waals surface area contributed by atoms with Crippen molar-refractivity contribution >= 4 is 17.3 Å². The molecule has 3 aromatic rings. The molecule has 0 bridgehead atoms. The number of aliphatic hydroxyl groups excluding tert-OH is 1. The second kappa shape index (κ2) is 9.06. The molecule has 0 fully saturated rings. The summed E-state index contributed by atoms with van der Waals surface area (Å²) in [5.74, 6) is -0.497. The van der Waals surface area contributed by atoms with Crippen LogP contribution >= 0.6 is 11.3 Å². The number of rotatable bonds is 7. The van der Waals surface area contributed by atoms with Gasteiger partial charge in [-0.15, -0.1) is 11.3 Å². The summed E-state index contributed by atoms with van der Waals surface area (Å²) in [6.07, 6.45) is -3.55. The monoisotopic (exact) mass is 436 g/mol. The van der Waals surface area contributed by atoms with Crippen LogP contribution in [-0.2, 0) is 22.3 Å². The van der Waals surface area contributed by atoms with Crippen molar-refractivity contribution in [2.24, 2.45) is 0 Å². The lowest BCUT2D eigenvalue weighted by Crippen LogP contribution is -2.13. The van der Waals surface area contributed by atoms with E-state index in [0.717, 1.165) is 12.1 Å². The normalized spacial score (nSPS) is 12.3. The van der Waals surface area contributed by atoms with Crippen molar-refractivity contribution in [3.8, 4) is 11.6 Å². The van der Waals surface area contributed by atoms with E-state index < -0.39 is 23.8 Å². The molecule has 0 aliphatic rings. The number of pyridine rings is 1. The van der Waals surface area contributed by atoms with Crippen molar-refractivity contribution in [3.63, 3.8) is 0 Å². The standard InChI is InChI=1S/C20H15F3N2O4S/c1-12(17(26)18-24-7-8-30-18)19(27)28-11-13-3-2-4-15(9-13)29-16-6-5-14(10-25-16)20(21,22)23/h2-10,17,26H,1,11H2. The van der Waals surface area contributed by atoms with Gasteiger partial charge in [0.25, 0.3) is 0 Å². The van der Waals surface area contributed by atoms with Gasteiger partial charge in [0.05, 0.1) is 11.1 Å². The van der Waals surface area contributed by atoms with Crippen LogP contribution in [0, 0.1) is 0 Å². The second-order valence-electron chi connectivity index (χ2n) is 6.01. The van der Waals surface area contributed by atoms with Gasteiger partial charge in [-0.25, -0.2) is 14.8 Å². The van der Waals surface area contributed by atoms with Gasteiger partial charge in [-0.1, -0.05) is 18.7 Å². The molecule has 10 heteroatoms. The molecule has 2 heterocycles. The Labute approximate surface area is 173 Å². The summed E-state index contributed by atoms with van der Waals surface area (Å²) in [6, 6.07) is 8.40. The third kappa shape index (κ3) is 5.43. The fourth-order valence-electron chi connectivity index (χ4n) is 2.30. The second-order valence-corrected chi connectivity index (χ2v) is 6.93. The highest BCUT2D eigenvalue weighted by Crippen LogP contribution is 2.30. The molecule has 0 aliphatic heterocycles. The van der Waals surface area contributed by atoms with E-state index in [9.17, 15) is 23.1 Å². The van der Waals surface area contributed by atoms with Crippen LogP contribution in [-0.4, -0.2) is 21.0 Å². The van der Waals surface area contributed by atoms with E-state index in [1.54, 1.807) is 29.6 Å². The number of hydrogen-bond acceptors (Lipinski definition) is 7. The molecule has 6 nitrogen and oxygen atoms in total. The van der Waals surface area contributed by atoms with Crippen LogP contribution in [0.1, 0.15) is 22.2 Å². The van der Waals surface area contributed by atoms with Crippen LogP contribution in [0.5, 0.6) is 11.6 Å². The fraction of sp³-hybridized carbons (Fsp3) is 0.150. The molecule has 1 atom stereocenters. The Balaban J connectivity index is 1.59. The molecule has 1 N–H and O–H groups in total. The molecule has 0 spiro atoms. The maximum absolute atomic E-state index is 12.6. The Morgan fingerprint density at radius 3 is 2.67 bits per heavy atom. The van der Waals surface area contributed by atoms with Crippen LogP contribution < -0.4 is 4.74 Å². The van der Waals surface area contributed by atoms with E-state index in [2.05, 4.69) is 16.5 Å². The zero-order valence-corrected chi connectivity index (χ0v) is 16.1. The lowest BCUT2D eigenvalue weighted by molar-refractivity contribution is -0.141. The highest BCUT2D eigenvalue weighted by atomic mass is 32.1. The molecular weight excluding hydrogens is 421 g/mol. The van der Waals surface area contributed by atoms with E-state index >= 15 is 0 Å². The Morgan fingerprint density at radius 2 is 2.03 bits per heavy atom. The van der Waals surface area contributed by atoms with Gasteiger partial charge < -0.3 is 14.6 Å². The van der Waals surface area contributed by atoms with Gasteiger partial charge in [-0.2, -0.15) is 13.2 Å². The zero-order valence-electron chi connectivity index (χ0n) is 15.3. The van der Waals surface area contributed by atoms with Gasteiger partial charge in [0.2, 0.25) is 5.88 Å². The van der Waals surface area contributed by atoms with E-state index in [4.69, 9.17) is 9.47 Å². The van der Waals surface area contributed by atoms with Crippen LogP contribution in [0.4, 0.5) is 13.2 Å². The van der Waals surface area contributed by atoms with Gasteiger partial charge in [0.1, 0.15) is 23.5 Å². The smallest absolute Gasteiger partial charge is 0.417 e. The van der Waals surface area contributed by atoms with Gasteiger partial charge >= 0.3 is 12.1 Å². The lowest BCUT2D eigenvalue weighted by atomic mass is 10.2. The van der Waals surface area contributed by atoms with Crippen molar-refractivity contribution in [2.75, 3.05) is 0 Å². The van der Waals surface area contributed by atoms with Gasteiger partial charge in [-0.3, -0.25) is 0 Å². The van der Waals surface area contributed by atoms with E-state index in [0.29, 0.717) is 22.5 Å². The fourth-order valence-corrected chi connectivity index (χ4v) is 2.95. The van der Waals surface area contributed by atoms with Crippen molar-refractivity contribution in [2.45, 2.75) is 18.9 Å². The quantitative estimate of drug-likeness (QED) is 0.428. The molecule has 156 valence electrons. The van der Waals surface area contributed by atoms with E-state index in [1.807, 2.05) is 0 Å². The summed E-state index contributed by atoms with van der Waals surface area (Å²) >= 11 is 1.18. The van der Waals surface area contributed by atoms with Gasteiger partial charge in [-0.05, 0) is 23.8 Å². The number of thiazole rings is 1. The maximum atomic E-state index is 12.6. The van der Waals surface area contributed by atoms with Crippen LogP contribution in [0.3, 0.4) is 0 Å². The molecule has 0 amide bonds. The lowest BCUT2D eigenvalue weighted by Gasteiger charge is -2.12. The number of hydrogen-bond donors (Lipinski definition) is 1. The van der Waals surface area contributed by atoms with Crippen LogP contribution in [0.2, 0.25) is 0 Å². The number of aromatic nitrogens is 2. The van der Waals surface area contributed by atoms with Gasteiger partial charge in [0.15, 0.2) is 0 Å². The first kappa shape index (κ1) is 21.5. The Morgan fingerprint density at radius 1 is 1.23 bits per heavy atom. The molecule has 1 unspecified atom stereocenters. The Hall–Kier alpha value is -3.24. The summed E-state index contributed by atoms with van der Waals surface area (Å²) in [6.45, 7) is 3.42. The van der Waals surface area contributed by atoms with Crippen LogP contribution in [0.15, 0.2) is 66.3 Å². The minimum atomic E-state index is -4.48. The number of halogens is 3. The summed E-state index contributed by atoms with van der Waals surface area (Å²) in [5.41, 5.74) is -0.466. The average Bonchev–Trinajstić information content (AvgIpc) is 3.26. The van der Waals surface area contributed by atoms with Crippen molar-refractivity contribution < 1.29 is 32.5 Å². The highest BCUT2D eigenvalue weighted by Gasteiger charge is 2.30. The van der Waals surface area contributed by atoms with Crippen LogP contribution in [0.25, 0.3) is 0 Å². The Bertz CT molecular complexity index is 1020. The molecule has 0 radical (unpaired) electrons. The van der Waals surface area contributed by atoms with E-state index in [1.165, 1.54) is 17.5 Å². The van der Waals surface area contributed by atoms with Crippen molar-refractivity contribution in [1.29, 1.82) is 0 Å². The summed E-state index contributed by atoms with van der Waals surface area (Å²) in [5, 5.41) is 12.1. The number of carbonyl (C=O) groups is 1. The number of alkyl halides is 3. The minimum absolute atomic E-state index is 0.0166. The molecule has 0 aliphatic carbocycles. The predicted molar refractivity (Wildman–Crippen MR) is 102 cm³/mol. The SMILES string of the molecule is C=C(C(=O)OCc1cccc(Oc2ccc(C(F)(F)F)cn2)c1)C(O)c1nccs1. The molecular formula is C20H15F3N2O4S. The number of nitrogens with zero attached hydrogens (tertiary/aromatic N) is 2. The number of ether oxygens (including phenoxy) is 2. The third-order valence-electron chi connectivity index (χ3n) is 3.83. The predicted octanol–water partition coefficient (Wildman–Crippen LogP) is 4.68. The number of aliphatic hydroxyl groups is 1. The first-order valence-electron chi connectivity index (χ1n) is 8.47. The van der Waals surface area contributed by atoms with Crippen molar-refractivity contribution in [1.82, 2.24) is 9.97 Å². The first-order valence-corrected chi connectivity index (χ1v) is 9.35. The molecule has 1 aromatic carbocycles. The van der Waals surface area contributed by atoms with Crippen molar-refractivity contribution in [3.05, 3.63) is 82.5 Å². The van der Waals surface area contributed by atoms with Gasteiger partial charge in [0, 0.05) is 23.8 Å². The first-order chi connectivity index (χ1) is 14.2. The number of benzene rings is 1. The summed E-state index contributed by atoms with van der Waals surface area (Å²) in [7, 11) is 0. The minimum Gasteiger partial charge on any atom is -0.457 e. The largest absolute Gasteiger partial charge is 0.457 e. The Kier molecular flexibility index (Phi) is 6.48. The maximum Gasteiger partial charge on any atom is 0.417 e. The summed E-state index contributed by atoms with van der Waals surface area (Å²) in [4.78, 5) is 19.7. The van der Waals surface area contributed by atoms with E-state index in [-0.39, 0.29) is 18.1 Å². The molecule has 2 aromatic heterocycles. The number of carbonyl (C=O) groups excluding carboxylic acids is 1.